The van der Waals surface area contributed by atoms with Crippen LogP contribution in [0.1, 0.15) is 40.0 Å². The van der Waals surface area contributed by atoms with Gasteiger partial charge in [-0.2, -0.15) is 0 Å². The molecule has 0 aliphatic carbocycles. The van der Waals surface area contributed by atoms with Crippen molar-refractivity contribution in [2.45, 2.75) is 63.8 Å². The summed E-state index contributed by atoms with van der Waals surface area (Å²) in [7, 11) is 0. The van der Waals surface area contributed by atoms with Gasteiger partial charge in [0.15, 0.2) is 0 Å². The molecule has 0 spiro atoms. The van der Waals surface area contributed by atoms with Gasteiger partial charge in [-0.05, 0) is 39.7 Å². The lowest BCUT2D eigenvalue weighted by Crippen LogP contribution is -2.53. The van der Waals surface area contributed by atoms with Crippen LogP contribution in [0.5, 0.6) is 0 Å². The molecular weight excluding hydrogens is 228 g/mol. The number of hydrogen-bond donors (Lipinski definition) is 2. The van der Waals surface area contributed by atoms with Crippen molar-refractivity contribution in [2.24, 2.45) is 0 Å². The number of nitrogens with zero attached hydrogens (tertiary/aromatic N) is 1. The number of nitrogens with one attached hydrogen (secondary N) is 1. The van der Waals surface area contributed by atoms with E-state index in [-0.39, 0.29) is 12.1 Å². The molecule has 2 aliphatic rings. The number of ether oxygens (including phenoxy) is 1. The zero-order chi connectivity index (χ0) is 13.2. The fourth-order valence-electron chi connectivity index (χ4n) is 3.41. The molecule has 4 nitrogen and oxygen atoms in total. The topological polar surface area (TPSA) is 44.7 Å². The monoisotopic (exact) mass is 256 g/mol. The Hall–Kier alpha value is -0.160. The summed E-state index contributed by atoms with van der Waals surface area (Å²) in [6, 6.07) is 0.494. The van der Waals surface area contributed by atoms with Gasteiger partial charge in [-0.3, -0.25) is 4.90 Å². The molecule has 0 saturated carbocycles. The molecule has 0 aromatic heterocycles. The summed E-state index contributed by atoms with van der Waals surface area (Å²) >= 11 is 0. The Morgan fingerprint density at radius 1 is 1.39 bits per heavy atom. The van der Waals surface area contributed by atoms with E-state index in [4.69, 9.17) is 4.74 Å². The molecule has 106 valence electrons. The molecule has 4 heteroatoms. The van der Waals surface area contributed by atoms with Crippen LogP contribution in [0, 0.1) is 0 Å². The van der Waals surface area contributed by atoms with Crippen LogP contribution in [-0.4, -0.2) is 60.0 Å². The second-order valence-corrected chi connectivity index (χ2v) is 6.21. The number of likely N-dealkylation sites (tertiary alicyclic amines) is 1. The van der Waals surface area contributed by atoms with Crippen molar-refractivity contribution in [2.75, 3.05) is 26.2 Å². The van der Waals surface area contributed by atoms with Crippen LogP contribution in [0.15, 0.2) is 0 Å². The number of fused-ring (bicyclic) bond motifs is 2. The number of likely N-dealkylation sites (N-methyl/N-ethyl adjacent to an activating group) is 1. The molecule has 4 atom stereocenters. The SMILES string of the molecule is CCNC(C)(CO)CC(C)N1CC2CCC(C1)O2. The molecule has 2 heterocycles. The van der Waals surface area contributed by atoms with Gasteiger partial charge in [-0.25, -0.2) is 0 Å². The first-order valence-electron chi connectivity index (χ1n) is 7.31. The summed E-state index contributed by atoms with van der Waals surface area (Å²) in [4.78, 5) is 2.54. The molecule has 18 heavy (non-hydrogen) atoms. The van der Waals surface area contributed by atoms with E-state index >= 15 is 0 Å². The Morgan fingerprint density at radius 3 is 2.50 bits per heavy atom. The number of aliphatic hydroxyl groups excluding tert-OH is 1. The van der Waals surface area contributed by atoms with Gasteiger partial charge in [-0.1, -0.05) is 6.92 Å². The highest BCUT2D eigenvalue weighted by Gasteiger charge is 2.37. The average Bonchev–Trinajstić information content (AvgIpc) is 2.68. The summed E-state index contributed by atoms with van der Waals surface area (Å²) < 4.78 is 5.87. The summed E-state index contributed by atoms with van der Waals surface area (Å²) in [6.45, 7) is 9.70. The lowest BCUT2D eigenvalue weighted by molar-refractivity contribution is -0.0553. The number of hydrogen-bond acceptors (Lipinski definition) is 4. The number of morpholine rings is 1. The molecule has 2 fully saturated rings. The second-order valence-electron chi connectivity index (χ2n) is 6.21. The van der Waals surface area contributed by atoms with E-state index in [1.165, 1.54) is 12.8 Å². The molecule has 2 saturated heterocycles. The molecule has 0 amide bonds. The Morgan fingerprint density at radius 2 is 2.00 bits per heavy atom. The van der Waals surface area contributed by atoms with Crippen molar-refractivity contribution in [3.05, 3.63) is 0 Å². The van der Waals surface area contributed by atoms with Crippen LogP contribution in [0.3, 0.4) is 0 Å². The minimum absolute atomic E-state index is 0.161. The molecule has 2 bridgehead atoms. The number of aliphatic hydroxyl groups is 1. The molecule has 2 aliphatic heterocycles. The van der Waals surface area contributed by atoms with Gasteiger partial charge < -0.3 is 15.2 Å². The highest BCUT2D eigenvalue weighted by Crippen LogP contribution is 2.29. The van der Waals surface area contributed by atoms with Crippen molar-refractivity contribution >= 4 is 0 Å². The summed E-state index contributed by atoms with van der Waals surface area (Å²) in [5.74, 6) is 0. The highest BCUT2D eigenvalue weighted by atomic mass is 16.5. The van der Waals surface area contributed by atoms with Crippen molar-refractivity contribution in [3.8, 4) is 0 Å². The van der Waals surface area contributed by atoms with Crippen molar-refractivity contribution in [1.82, 2.24) is 10.2 Å². The zero-order valence-electron chi connectivity index (χ0n) is 12.0. The Bertz CT molecular complexity index is 263. The van der Waals surface area contributed by atoms with Crippen LogP contribution in [0.4, 0.5) is 0 Å². The van der Waals surface area contributed by atoms with Crippen LogP contribution in [0.2, 0.25) is 0 Å². The Labute approximate surface area is 111 Å². The molecule has 2 rings (SSSR count). The largest absolute Gasteiger partial charge is 0.394 e. The summed E-state index contributed by atoms with van der Waals surface area (Å²) in [6.07, 6.45) is 4.32. The third-order valence-corrected chi connectivity index (χ3v) is 4.39. The predicted octanol–water partition coefficient (Wildman–Crippen LogP) is 0.989. The highest BCUT2D eigenvalue weighted by molar-refractivity contribution is 4.91. The smallest absolute Gasteiger partial charge is 0.0707 e. The molecule has 4 unspecified atom stereocenters. The van der Waals surface area contributed by atoms with E-state index in [1.807, 2.05) is 0 Å². The van der Waals surface area contributed by atoms with Gasteiger partial charge in [0.05, 0.1) is 18.8 Å². The van der Waals surface area contributed by atoms with Crippen LogP contribution >= 0.6 is 0 Å². The zero-order valence-corrected chi connectivity index (χ0v) is 12.0. The van der Waals surface area contributed by atoms with Crippen LogP contribution in [0.25, 0.3) is 0 Å². The van der Waals surface area contributed by atoms with E-state index in [0.717, 1.165) is 26.1 Å². The van der Waals surface area contributed by atoms with E-state index in [2.05, 4.69) is 31.0 Å². The first kappa shape index (κ1) is 14.3. The average molecular weight is 256 g/mol. The maximum atomic E-state index is 9.57. The lowest BCUT2D eigenvalue weighted by Gasteiger charge is -2.40. The van der Waals surface area contributed by atoms with Crippen LogP contribution in [-0.2, 0) is 4.74 Å². The predicted molar refractivity (Wildman–Crippen MR) is 72.7 cm³/mol. The van der Waals surface area contributed by atoms with E-state index in [0.29, 0.717) is 18.2 Å². The molecule has 0 aromatic rings. The van der Waals surface area contributed by atoms with Gasteiger partial charge in [0.25, 0.3) is 0 Å². The Kier molecular flexibility index (Phi) is 4.64. The molecule has 0 radical (unpaired) electrons. The Balaban J connectivity index is 1.88. The maximum absolute atomic E-state index is 9.57. The summed E-state index contributed by atoms with van der Waals surface area (Å²) in [5.41, 5.74) is -0.161. The lowest BCUT2D eigenvalue weighted by atomic mass is 9.93. The molecule has 2 N–H and O–H groups in total. The van der Waals surface area contributed by atoms with Crippen LogP contribution < -0.4 is 5.32 Å². The number of rotatable bonds is 6. The van der Waals surface area contributed by atoms with Crippen molar-refractivity contribution < 1.29 is 9.84 Å². The normalized spacial score (nSPS) is 33.3. The summed E-state index contributed by atoms with van der Waals surface area (Å²) in [5, 5.41) is 13.0. The fourth-order valence-corrected chi connectivity index (χ4v) is 3.41. The van der Waals surface area contributed by atoms with E-state index < -0.39 is 0 Å². The third-order valence-electron chi connectivity index (χ3n) is 4.39. The second kappa shape index (κ2) is 5.87. The van der Waals surface area contributed by atoms with Crippen molar-refractivity contribution in [1.29, 1.82) is 0 Å². The minimum atomic E-state index is -0.161. The third kappa shape index (κ3) is 3.23. The first-order chi connectivity index (χ1) is 8.56. The molecule has 0 aromatic carbocycles. The van der Waals surface area contributed by atoms with E-state index in [9.17, 15) is 5.11 Å². The maximum Gasteiger partial charge on any atom is 0.0707 e. The standard InChI is InChI=1S/C14H28N2O2/c1-4-15-14(3,10-17)7-11(2)16-8-12-5-6-13(9-16)18-12/h11-13,15,17H,4-10H2,1-3H3. The van der Waals surface area contributed by atoms with Gasteiger partial charge in [0.2, 0.25) is 0 Å². The van der Waals surface area contributed by atoms with Gasteiger partial charge in [0, 0.05) is 24.7 Å². The fraction of sp³-hybridized carbons (Fsp3) is 1.00. The quantitative estimate of drug-likeness (QED) is 0.744. The first-order valence-corrected chi connectivity index (χ1v) is 7.31. The van der Waals surface area contributed by atoms with Gasteiger partial charge in [0.1, 0.15) is 0 Å². The van der Waals surface area contributed by atoms with Gasteiger partial charge >= 0.3 is 0 Å². The van der Waals surface area contributed by atoms with E-state index in [1.54, 1.807) is 0 Å². The molecular formula is C14H28N2O2. The van der Waals surface area contributed by atoms with Crippen molar-refractivity contribution in [3.63, 3.8) is 0 Å². The van der Waals surface area contributed by atoms with Gasteiger partial charge in [-0.15, -0.1) is 0 Å². The minimum Gasteiger partial charge on any atom is -0.394 e.